The fourth-order valence-corrected chi connectivity index (χ4v) is 6.60. The standard InChI is InChI=1S/C29H30N2O4/c1-17-27(18(2)35-30-17)28(32)19-14-20-8-7-9-21(15-19)31(20)29(33)34-16-26-24-12-5-3-10-22(24)23-11-4-6-13-25(23)26/h3-6,10-13,19-21,26H,7-9,14-16H2,1-2H3. The molecule has 6 rings (SSSR count). The molecule has 1 aromatic heterocycles. The number of benzene rings is 2. The summed E-state index contributed by atoms with van der Waals surface area (Å²) in [7, 11) is 0. The number of ether oxygens (including phenoxy) is 1. The highest BCUT2D eigenvalue weighted by atomic mass is 16.6. The minimum Gasteiger partial charge on any atom is -0.448 e. The number of Topliss-reactive ketones (excluding diaryl/α,β-unsaturated/α-hetero) is 1. The second kappa shape index (κ2) is 8.67. The molecule has 0 saturated carbocycles. The lowest BCUT2D eigenvalue weighted by molar-refractivity contribution is 0.00645. The van der Waals surface area contributed by atoms with Gasteiger partial charge in [-0.25, -0.2) is 4.79 Å². The molecule has 2 fully saturated rings. The quantitative estimate of drug-likeness (QED) is 0.434. The molecule has 6 nitrogen and oxygen atoms in total. The number of ketones is 1. The molecule has 35 heavy (non-hydrogen) atoms. The van der Waals surface area contributed by atoms with Crippen LogP contribution in [-0.2, 0) is 4.74 Å². The van der Waals surface area contributed by atoms with Crippen LogP contribution >= 0.6 is 0 Å². The highest BCUT2D eigenvalue weighted by Crippen LogP contribution is 2.45. The molecule has 180 valence electrons. The topological polar surface area (TPSA) is 72.6 Å². The summed E-state index contributed by atoms with van der Waals surface area (Å²) in [6, 6.07) is 16.8. The molecule has 2 unspecified atom stereocenters. The van der Waals surface area contributed by atoms with E-state index in [9.17, 15) is 9.59 Å². The Kier molecular flexibility index (Phi) is 5.47. The van der Waals surface area contributed by atoms with Crippen molar-refractivity contribution in [2.45, 2.75) is 64.0 Å². The Morgan fingerprint density at radius 1 is 0.971 bits per heavy atom. The lowest BCUT2D eigenvalue weighted by Gasteiger charge is -2.47. The number of carbonyl (C=O) groups is 2. The summed E-state index contributed by atoms with van der Waals surface area (Å²) < 4.78 is 11.2. The molecule has 2 bridgehead atoms. The van der Waals surface area contributed by atoms with Crippen molar-refractivity contribution in [3.8, 4) is 11.1 Å². The molecular formula is C29H30N2O4. The summed E-state index contributed by atoms with van der Waals surface area (Å²) in [5, 5.41) is 3.96. The maximum Gasteiger partial charge on any atom is 0.410 e. The van der Waals surface area contributed by atoms with Gasteiger partial charge in [0.15, 0.2) is 5.78 Å². The van der Waals surface area contributed by atoms with E-state index in [1.165, 1.54) is 22.3 Å². The molecule has 1 amide bonds. The van der Waals surface area contributed by atoms with Gasteiger partial charge in [0, 0.05) is 23.9 Å². The van der Waals surface area contributed by atoms with E-state index in [1.807, 2.05) is 24.0 Å². The number of carbonyl (C=O) groups excluding carboxylic acids is 2. The molecule has 2 aromatic carbocycles. The predicted octanol–water partition coefficient (Wildman–Crippen LogP) is 6.06. The molecule has 2 aliphatic heterocycles. The minimum absolute atomic E-state index is 0.0348. The summed E-state index contributed by atoms with van der Waals surface area (Å²) in [5.41, 5.74) is 6.13. The van der Waals surface area contributed by atoms with E-state index < -0.39 is 0 Å². The third-order valence-corrected chi connectivity index (χ3v) is 8.17. The molecule has 0 N–H and O–H groups in total. The minimum atomic E-state index is -0.246. The summed E-state index contributed by atoms with van der Waals surface area (Å²) in [5.74, 6) is 0.617. The van der Waals surface area contributed by atoms with Gasteiger partial charge in [-0.2, -0.15) is 0 Å². The van der Waals surface area contributed by atoms with Crippen LogP contribution in [0.15, 0.2) is 53.1 Å². The first-order valence-corrected chi connectivity index (χ1v) is 12.6. The molecular weight excluding hydrogens is 440 g/mol. The molecule has 3 heterocycles. The average Bonchev–Trinajstić information content (AvgIpc) is 3.37. The zero-order valence-electron chi connectivity index (χ0n) is 20.2. The number of rotatable bonds is 4. The smallest absolute Gasteiger partial charge is 0.410 e. The van der Waals surface area contributed by atoms with Gasteiger partial charge in [0.05, 0.1) is 11.3 Å². The largest absolute Gasteiger partial charge is 0.448 e. The summed E-state index contributed by atoms with van der Waals surface area (Å²) in [6.07, 6.45) is 3.99. The van der Waals surface area contributed by atoms with E-state index in [-0.39, 0.29) is 35.8 Å². The van der Waals surface area contributed by atoms with Gasteiger partial charge in [-0.1, -0.05) is 53.7 Å². The highest BCUT2D eigenvalue weighted by molar-refractivity contribution is 5.99. The second-order valence-corrected chi connectivity index (χ2v) is 10.2. The number of nitrogens with zero attached hydrogens (tertiary/aromatic N) is 2. The number of hydrogen-bond acceptors (Lipinski definition) is 5. The lowest BCUT2D eigenvalue weighted by atomic mass is 9.75. The van der Waals surface area contributed by atoms with Gasteiger partial charge in [0.1, 0.15) is 12.4 Å². The van der Waals surface area contributed by atoms with Crippen LogP contribution in [-0.4, -0.2) is 40.6 Å². The summed E-state index contributed by atoms with van der Waals surface area (Å²) in [4.78, 5) is 28.6. The van der Waals surface area contributed by atoms with E-state index in [1.54, 1.807) is 6.92 Å². The zero-order chi connectivity index (χ0) is 24.1. The summed E-state index contributed by atoms with van der Waals surface area (Å²) >= 11 is 0. The number of hydrogen-bond donors (Lipinski definition) is 0. The van der Waals surface area contributed by atoms with Crippen LogP contribution in [0.25, 0.3) is 11.1 Å². The van der Waals surface area contributed by atoms with Crippen LogP contribution < -0.4 is 0 Å². The first-order chi connectivity index (χ1) is 17.0. The van der Waals surface area contributed by atoms with Crippen LogP contribution in [0.2, 0.25) is 0 Å². The van der Waals surface area contributed by atoms with Crippen LogP contribution in [0.4, 0.5) is 4.79 Å². The van der Waals surface area contributed by atoms with E-state index in [0.29, 0.717) is 36.5 Å². The molecule has 0 radical (unpaired) electrons. The van der Waals surface area contributed by atoms with Gasteiger partial charge in [-0.15, -0.1) is 0 Å². The van der Waals surface area contributed by atoms with Gasteiger partial charge in [0.2, 0.25) is 0 Å². The Labute approximate surface area is 205 Å². The van der Waals surface area contributed by atoms with E-state index in [0.717, 1.165) is 19.3 Å². The molecule has 3 aliphatic rings. The molecule has 0 spiro atoms. The third-order valence-electron chi connectivity index (χ3n) is 8.17. The lowest BCUT2D eigenvalue weighted by Crippen LogP contribution is -2.56. The van der Waals surface area contributed by atoms with Gasteiger partial charge >= 0.3 is 6.09 Å². The Bertz CT molecular complexity index is 1220. The molecule has 3 aromatic rings. The Morgan fingerprint density at radius 3 is 2.14 bits per heavy atom. The van der Waals surface area contributed by atoms with Gasteiger partial charge < -0.3 is 14.2 Å². The predicted molar refractivity (Wildman–Crippen MR) is 131 cm³/mol. The number of aryl methyl sites for hydroxylation is 2. The van der Waals surface area contributed by atoms with Gasteiger partial charge in [-0.05, 0) is 68.2 Å². The Hall–Kier alpha value is -3.41. The first kappa shape index (κ1) is 22.1. The molecule has 2 saturated heterocycles. The van der Waals surface area contributed by atoms with Crippen molar-refractivity contribution < 1.29 is 18.8 Å². The fraction of sp³-hybridized carbons (Fsp3) is 0.414. The second-order valence-electron chi connectivity index (χ2n) is 10.2. The van der Waals surface area contributed by atoms with Crippen molar-refractivity contribution in [2.75, 3.05) is 6.61 Å². The number of piperidine rings is 2. The Morgan fingerprint density at radius 2 is 1.57 bits per heavy atom. The fourth-order valence-electron chi connectivity index (χ4n) is 6.60. The van der Waals surface area contributed by atoms with Crippen LogP contribution in [0.3, 0.4) is 0 Å². The van der Waals surface area contributed by atoms with Crippen molar-refractivity contribution in [3.63, 3.8) is 0 Å². The van der Waals surface area contributed by atoms with Crippen LogP contribution in [0, 0.1) is 19.8 Å². The molecule has 2 atom stereocenters. The molecule has 1 aliphatic carbocycles. The SMILES string of the molecule is Cc1noc(C)c1C(=O)C1CC2CCCC(C1)N2C(=O)OCC1c2ccccc2-c2ccccc21. The maximum absolute atomic E-state index is 13.4. The number of aromatic nitrogens is 1. The van der Waals surface area contributed by atoms with Gasteiger partial charge in [-0.3, -0.25) is 4.79 Å². The van der Waals surface area contributed by atoms with E-state index in [4.69, 9.17) is 9.26 Å². The van der Waals surface area contributed by atoms with E-state index >= 15 is 0 Å². The van der Waals surface area contributed by atoms with Gasteiger partial charge in [0.25, 0.3) is 0 Å². The first-order valence-electron chi connectivity index (χ1n) is 12.6. The van der Waals surface area contributed by atoms with E-state index in [2.05, 4.69) is 41.6 Å². The molecule has 6 heteroatoms. The van der Waals surface area contributed by atoms with Crippen molar-refractivity contribution in [1.29, 1.82) is 0 Å². The van der Waals surface area contributed by atoms with Crippen LogP contribution in [0.5, 0.6) is 0 Å². The van der Waals surface area contributed by atoms with Crippen molar-refractivity contribution in [3.05, 3.63) is 76.7 Å². The number of fused-ring (bicyclic) bond motifs is 5. The Balaban J connectivity index is 1.18. The van der Waals surface area contributed by atoms with Crippen molar-refractivity contribution in [2.24, 2.45) is 5.92 Å². The van der Waals surface area contributed by atoms with Crippen molar-refractivity contribution >= 4 is 11.9 Å². The number of amides is 1. The maximum atomic E-state index is 13.4. The zero-order valence-corrected chi connectivity index (χ0v) is 20.2. The normalized spacial score (nSPS) is 23.0. The summed E-state index contributed by atoms with van der Waals surface area (Å²) in [6.45, 7) is 3.93. The monoisotopic (exact) mass is 470 g/mol. The van der Waals surface area contributed by atoms with Crippen LogP contribution in [0.1, 0.15) is 71.0 Å². The highest BCUT2D eigenvalue weighted by Gasteiger charge is 2.44. The van der Waals surface area contributed by atoms with Crippen molar-refractivity contribution in [1.82, 2.24) is 10.1 Å². The average molecular weight is 471 g/mol. The third kappa shape index (κ3) is 3.67.